The molecule has 0 aliphatic rings. The number of aromatic nitrogens is 1. The predicted molar refractivity (Wildman–Crippen MR) is 91.1 cm³/mol. The van der Waals surface area contributed by atoms with Gasteiger partial charge in [-0.3, -0.25) is 9.59 Å². The minimum absolute atomic E-state index is 0.0459. The minimum Gasteiger partial charge on any atom is -0.507 e. The first kappa shape index (κ1) is 15.8. The number of nitrogens with zero attached hydrogens (tertiary/aromatic N) is 1. The molecular formula is C19H17NO4. The highest BCUT2D eigenvalue weighted by Gasteiger charge is 2.14. The number of fused-ring (bicyclic) bond motifs is 1. The second kappa shape index (κ2) is 6.58. The van der Waals surface area contributed by atoms with E-state index in [0.29, 0.717) is 6.54 Å². The van der Waals surface area contributed by atoms with Gasteiger partial charge in [-0.05, 0) is 22.4 Å². The molecule has 122 valence electrons. The molecule has 0 bridgehead atoms. The number of benzene rings is 2. The molecule has 0 saturated heterocycles. The first-order chi connectivity index (χ1) is 11.6. The van der Waals surface area contributed by atoms with Gasteiger partial charge in [-0.2, -0.15) is 0 Å². The molecule has 0 radical (unpaired) electrons. The van der Waals surface area contributed by atoms with Gasteiger partial charge in [0.25, 0.3) is 5.56 Å². The molecule has 2 aromatic carbocycles. The Balaban J connectivity index is 2.02. The van der Waals surface area contributed by atoms with E-state index in [1.54, 1.807) is 0 Å². The van der Waals surface area contributed by atoms with Crippen molar-refractivity contribution in [1.29, 1.82) is 0 Å². The third-order valence-corrected chi connectivity index (χ3v) is 4.01. The molecule has 0 saturated carbocycles. The normalized spacial score (nSPS) is 10.7. The van der Waals surface area contributed by atoms with Crippen LogP contribution in [-0.4, -0.2) is 22.8 Å². The van der Waals surface area contributed by atoms with Crippen LogP contribution in [0.3, 0.4) is 0 Å². The maximum absolute atomic E-state index is 12.6. The maximum atomic E-state index is 12.6. The molecule has 0 aliphatic heterocycles. The number of carbonyl (C=O) groups is 1. The van der Waals surface area contributed by atoms with E-state index in [-0.39, 0.29) is 17.7 Å². The molecule has 0 atom stereocenters. The van der Waals surface area contributed by atoms with E-state index < -0.39 is 11.5 Å². The lowest BCUT2D eigenvalue weighted by Gasteiger charge is -2.11. The van der Waals surface area contributed by atoms with Gasteiger partial charge in [-0.1, -0.05) is 42.5 Å². The lowest BCUT2D eigenvalue weighted by atomic mass is 10.0. The number of carbonyl (C=O) groups excluding carboxylic acids is 1. The molecule has 0 fully saturated rings. The lowest BCUT2D eigenvalue weighted by molar-refractivity contribution is -0.139. The molecule has 5 nitrogen and oxygen atoms in total. The van der Waals surface area contributed by atoms with Crippen LogP contribution in [0.15, 0.2) is 59.5 Å². The molecule has 3 rings (SSSR count). The number of esters is 1. The Hall–Kier alpha value is -3.08. The summed E-state index contributed by atoms with van der Waals surface area (Å²) in [6, 6.07) is 15.3. The third-order valence-electron chi connectivity index (χ3n) is 4.01. The fourth-order valence-corrected chi connectivity index (χ4v) is 2.73. The number of ether oxygens (including phenoxy) is 1. The number of aromatic hydroxyl groups is 1. The molecular weight excluding hydrogens is 306 g/mol. The van der Waals surface area contributed by atoms with Crippen LogP contribution in [-0.2, 0) is 22.5 Å². The number of pyridine rings is 1. The van der Waals surface area contributed by atoms with Crippen LogP contribution < -0.4 is 5.56 Å². The summed E-state index contributed by atoms with van der Waals surface area (Å²) in [4.78, 5) is 24.0. The highest BCUT2D eigenvalue weighted by Crippen LogP contribution is 2.20. The van der Waals surface area contributed by atoms with Crippen LogP contribution in [0, 0.1) is 0 Å². The van der Waals surface area contributed by atoms with Gasteiger partial charge in [0.2, 0.25) is 0 Å². The second-order valence-electron chi connectivity index (χ2n) is 5.50. The van der Waals surface area contributed by atoms with E-state index in [4.69, 9.17) is 0 Å². The Morgan fingerprint density at radius 1 is 1.12 bits per heavy atom. The summed E-state index contributed by atoms with van der Waals surface area (Å²) >= 11 is 0. The smallest absolute Gasteiger partial charge is 0.310 e. The molecule has 0 unspecified atom stereocenters. The van der Waals surface area contributed by atoms with Crippen LogP contribution in [0.25, 0.3) is 10.8 Å². The molecule has 0 amide bonds. The van der Waals surface area contributed by atoms with E-state index >= 15 is 0 Å². The van der Waals surface area contributed by atoms with Crippen LogP contribution in [0.2, 0.25) is 0 Å². The number of methoxy groups -OCH3 is 1. The van der Waals surface area contributed by atoms with Crippen molar-refractivity contribution in [2.24, 2.45) is 0 Å². The summed E-state index contributed by atoms with van der Waals surface area (Å²) < 4.78 is 6.07. The van der Waals surface area contributed by atoms with Crippen LogP contribution >= 0.6 is 0 Å². The van der Waals surface area contributed by atoms with Crippen molar-refractivity contribution < 1.29 is 14.6 Å². The fourth-order valence-electron chi connectivity index (χ4n) is 2.73. The largest absolute Gasteiger partial charge is 0.507 e. The van der Waals surface area contributed by atoms with E-state index in [1.807, 2.05) is 42.5 Å². The average molecular weight is 323 g/mol. The summed E-state index contributed by atoms with van der Waals surface area (Å²) in [5, 5.41) is 12.0. The Bertz CT molecular complexity index is 954. The lowest BCUT2D eigenvalue weighted by Crippen LogP contribution is -2.25. The average Bonchev–Trinajstić information content (AvgIpc) is 2.61. The van der Waals surface area contributed by atoms with Crippen molar-refractivity contribution >= 4 is 16.7 Å². The molecule has 1 heterocycles. The van der Waals surface area contributed by atoms with Gasteiger partial charge >= 0.3 is 5.97 Å². The fraction of sp³-hybridized carbons (Fsp3) is 0.158. The Morgan fingerprint density at radius 2 is 1.88 bits per heavy atom. The van der Waals surface area contributed by atoms with E-state index in [1.165, 1.54) is 23.9 Å². The second-order valence-corrected chi connectivity index (χ2v) is 5.50. The van der Waals surface area contributed by atoms with E-state index in [2.05, 4.69) is 4.74 Å². The predicted octanol–water partition coefficient (Wildman–Crippen LogP) is 2.47. The van der Waals surface area contributed by atoms with Crippen molar-refractivity contribution in [1.82, 2.24) is 4.57 Å². The van der Waals surface area contributed by atoms with Gasteiger partial charge < -0.3 is 14.4 Å². The first-order valence-corrected chi connectivity index (χ1v) is 7.55. The number of hydrogen-bond donors (Lipinski definition) is 1. The summed E-state index contributed by atoms with van der Waals surface area (Å²) in [5.41, 5.74) is 0.642. The third kappa shape index (κ3) is 3.01. The van der Waals surface area contributed by atoms with Gasteiger partial charge in [0, 0.05) is 6.20 Å². The molecule has 1 N–H and O–H groups in total. The van der Waals surface area contributed by atoms with Crippen molar-refractivity contribution in [3.05, 3.63) is 76.2 Å². The van der Waals surface area contributed by atoms with Gasteiger partial charge in [0.15, 0.2) is 0 Å². The van der Waals surface area contributed by atoms with Gasteiger partial charge in [0.1, 0.15) is 5.75 Å². The van der Waals surface area contributed by atoms with Crippen molar-refractivity contribution in [2.75, 3.05) is 7.11 Å². The molecule has 0 aliphatic carbocycles. The van der Waals surface area contributed by atoms with Gasteiger partial charge in [-0.25, -0.2) is 0 Å². The van der Waals surface area contributed by atoms with Crippen molar-refractivity contribution in [3.8, 4) is 5.75 Å². The van der Waals surface area contributed by atoms with Crippen LogP contribution in [0.1, 0.15) is 11.1 Å². The monoisotopic (exact) mass is 323 g/mol. The SMILES string of the molecule is COC(=O)Cc1c(O)ccn(Cc2cccc3ccccc23)c1=O. The van der Waals surface area contributed by atoms with E-state index in [0.717, 1.165) is 16.3 Å². The summed E-state index contributed by atoms with van der Waals surface area (Å²) in [6.07, 6.45) is 1.28. The van der Waals surface area contributed by atoms with Crippen molar-refractivity contribution in [3.63, 3.8) is 0 Å². The summed E-state index contributed by atoms with van der Waals surface area (Å²) in [5.74, 6) is -0.759. The summed E-state index contributed by atoms with van der Waals surface area (Å²) in [6.45, 7) is 0.356. The highest BCUT2D eigenvalue weighted by atomic mass is 16.5. The highest BCUT2D eigenvalue weighted by molar-refractivity contribution is 5.85. The number of rotatable bonds is 4. The molecule has 1 aromatic heterocycles. The Morgan fingerprint density at radius 3 is 2.67 bits per heavy atom. The Labute approximate surface area is 138 Å². The molecule has 0 spiro atoms. The van der Waals surface area contributed by atoms with Crippen LogP contribution in [0.4, 0.5) is 0 Å². The Kier molecular flexibility index (Phi) is 4.33. The van der Waals surface area contributed by atoms with Crippen molar-refractivity contribution in [2.45, 2.75) is 13.0 Å². The molecule has 5 heteroatoms. The molecule has 3 aromatic rings. The molecule has 24 heavy (non-hydrogen) atoms. The van der Waals surface area contributed by atoms with Crippen LogP contribution in [0.5, 0.6) is 5.75 Å². The van der Waals surface area contributed by atoms with Gasteiger partial charge in [0.05, 0.1) is 25.6 Å². The zero-order valence-electron chi connectivity index (χ0n) is 13.2. The zero-order chi connectivity index (χ0) is 17.1. The van der Waals surface area contributed by atoms with Gasteiger partial charge in [-0.15, -0.1) is 0 Å². The summed E-state index contributed by atoms with van der Waals surface area (Å²) in [7, 11) is 1.25. The minimum atomic E-state index is -0.565. The number of hydrogen-bond acceptors (Lipinski definition) is 4. The topological polar surface area (TPSA) is 68.5 Å². The van der Waals surface area contributed by atoms with E-state index in [9.17, 15) is 14.7 Å². The zero-order valence-corrected chi connectivity index (χ0v) is 13.2. The standard InChI is InChI=1S/C19H17NO4/c1-24-18(22)11-16-17(21)9-10-20(19(16)23)12-14-7-4-6-13-5-2-3-8-15(13)14/h2-10,21H,11-12H2,1H3. The quantitative estimate of drug-likeness (QED) is 0.749. The maximum Gasteiger partial charge on any atom is 0.310 e. The first-order valence-electron chi connectivity index (χ1n) is 7.55.